The minimum absolute atomic E-state index is 0.394. The number of anilines is 1. The van der Waals surface area contributed by atoms with Crippen LogP contribution in [0.2, 0.25) is 0 Å². The number of nitrogens with zero attached hydrogens (tertiary/aromatic N) is 2. The average molecular weight is 351 g/mol. The van der Waals surface area contributed by atoms with Gasteiger partial charge in [0.2, 0.25) is 5.91 Å². The molecule has 6 nitrogen and oxygen atoms in total. The zero-order chi connectivity index (χ0) is 18.2. The lowest BCUT2D eigenvalue weighted by Crippen LogP contribution is -2.31. The molecule has 1 N–H and O–H groups in total. The van der Waals surface area contributed by atoms with Gasteiger partial charge in [0, 0.05) is 18.8 Å². The van der Waals surface area contributed by atoms with Crippen LogP contribution in [0.5, 0.6) is 0 Å². The maximum Gasteiger partial charge on any atom is 0.421 e. The standard InChI is InChI=1S/C16H12F3N3O3/c1-9-20-12-7-10(4-5-13(12)25-9)21-14(23)8-22-6-2-3-11(15(22)24)16(17,18)19/h2-7H,8H2,1H3,(H,21,23). The van der Waals surface area contributed by atoms with Gasteiger partial charge in [-0.2, -0.15) is 13.2 Å². The summed E-state index contributed by atoms with van der Waals surface area (Å²) in [6, 6.07) is 6.50. The van der Waals surface area contributed by atoms with E-state index >= 15 is 0 Å². The highest BCUT2D eigenvalue weighted by Crippen LogP contribution is 2.26. The molecule has 0 radical (unpaired) electrons. The number of hydrogen-bond donors (Lipinski definition) is 1. The number of nitrogens with one attached hydrogen (secondary N) is 1. The Hall–Kier alpha value is -3.10. The summed E-state index contributed by atoms with van der Waals surface area (Å²) in [5.41, 5.74) is -1.11. The first kappa shape index (κ1) is 16.7. The second-order valence-corrected chi connectivity index (χ2v) is 5.32. The quantitative estimate of drug-likeness (QED) is 0.787. The maximum absolute atomic E-state index is 12.7. The molecule has 0 unspecified atom stereocenters. The number of aromatic nitrogens is 2. The van der Waals surface area contributed by atoms with Crippen LogP contribution in [-0.2, 0) is 17.5 Å². The number of amides is 1. The molecule has 130 valence electrons. The molecule has 0 spiro atoms. The van der Waals surface area contributed by atoms with E-state index in [4.69, 9.17) is 4.42 Å². The number of fused-ring (bicyclic) bond motifs is 1. The summed E-state index contributed by atoms with van der Waals surface area (Å²) in [7, 11) is 0. The number of carbonyl (C=O) groups excluding carboxylic acids is 1. The van der Waals surface area contributed by atoms with Crippen molar-refractivity contribution in [2.24, 2.45) is 0 Å². The van der Waals surface area contributed by atoms with Gasteiger partial charge >= 0.3 is 6.18 Å². The van der Waals surface area contributed by atoms with Crippen LogP contribution >= 0.6 is 0 Å². The first-order valence-corrected chi connectivity index (χ1v) is 7.18. The Morgan fingerprint density at radius 2 is 2.08 bits per heavy atom. The van der Waals surface area contributed by atoms with Crippen molar-refractivity contribution in [2.45, 2.75) is 19.6 Å². The molecule has 0 aliphatic carbocycles. The van der Waals surface area contributed by atoms with E-state index in [-0.39, 0.29) is 0 Å². The normalized spacial score (nSPS) is 11.7. The lowest BCUT2D eigenvalue weighted by Gasteiger charge is -2.10. The first-order valence-electron chi connectivity index (χ1n) is 7.18. The van der Waals surface area contributed by atoms with E-state index < -0.39 is 29.8 Å². The minimum Gasteiger partial charge on any atom is -0.441 e. The number of aryl methyl sites for hydroxylation is 1. The summed E-state index contributed by atoms with van der Waals surface area (Å²) >= 11 is 0. The van der Waals surface area contributed by atoms with Crippen molar-refractivity contribution in [3.05, 3.63) is 58.3 Å². The van der Waals surface area contributed by atoms with Gasteiger partial charge in [-0.15, -0.1) is 0 Å². The van der Waals surface area contributed by atoms with Crippen LogP contribution in [0, 0.1) is 6.92 Å². The number of rotatable bonds is 3. The summed E-state index contributed by atoms with van der Waals surface area (Å²) in [5.74, 6) is -0.171. The van der Waals surface area contributed by atoms with Crippen LogP contribution < -0.4 is 10.9 Å². The van der Waals surface area contributed by atoms with Crippen molar-refractivity contribution in [3.8, 4) is 0 Å². The van der Waals surface area contributed by atoms with Crippen LogP contribution in [-0.4, -0.2) is 15.5 Å². The summed E-state index contributed by atoms with van der Waals surface area (Å²) < 4.78 is 44.2. The predicted octanol–water partition coefficient (Wildman–Crippen LogP) is 2.96. The van der Waals surface area contributed by atoms with Crippen molar-refractivity contribution in [1.29, 1.82) is 0 Å². The number of benzene rings is 1. The number of hydrogen-bond acceptors (Lipinski definition) is 4. The molecule has 0 saturated carbocycles. The molecule has 0 fully saturated rings. The van der Waals surface area contributed by atoms with Gasteiger partial charge in [0.25, 0.3) is 5.56 Å². The van der Waals surface area contributed by atoms with E-state index in [1.807, 2.05) is 0 Å². The molecule has 2 aromatic heterocycles. The molecular weight excluding hydrogens is 339 g/mol. The molecule has 1 aromatic carbocycles. The molecule has 2 heterocycles. The number of oxazole rings is 1. The fraction of sp³-hybridized carbons (Fsp3) is 0.188. The topological polar surface area (TPSA) is 77.1 Å². The highest BCUT2D eigenvalue weighted by atomic mass is 19.4. The molecule has 3 rings (SSSR count). The third-order valence-electron chi connectivity index (χ3n) is 3.42. The Labute approximate surface area is 138 Å². The number of alkyl halides is 3. The summed E-state index contributed by atoms with van der Waals surface area (Å²) in [4.78, 5) is 28.0. The van der Waals surface area contributed by atoms with E-state index in [1.54, 1.807) is 25.1 Å². The van der Waals surface area contributed by atoms with Gasteiger partial charge in [-0.1, -0.05) is 0 Å². The lowest BCUT2D eigenvalue weighted by atomic mass is 10.2. The largest absolute Gasteiger partial charge is 0.441 e. The maximum atomic E-state index is 12.7. The van der Waals surface area contributed by atoms with E-state index in [0.717, 1.165) is 12.3 Å². The van der Waals surface area contributed by atoms with Crippen LogP contribution in [0.15, 0.2) is 45.7 Å². The van der Waals surface area contributed by atoms with E-state index in [0.29, 0.717) is 33.3 Å². The molecule has 1 amide bonds. The highest BCUT2D eigenvalue weighted by molar-refractivity contribution is 5.92. The van der Waals surface area contributed by atoms with Gasteiger partial charge in [-0.3, -0.25) is 9.59 Å². The molecule has 3 aromatic rings. The van der Waals surface area contributed by atoms with Gasteiger partial charge in [0.05, 0.1) is 0 Å². The number of carbonyl (C=O) groups is 1. The Morgan fingerprint density at radius 1 is 1.32 bits per heavy atom. The fourth-order valence-electron chi connectivity index (χ4n) is 2.35. The van der Waals surface area contributed by atoms with Crippen molar-refractivity contribution < 1.29 is 22.4 Å². The monoisotopic (exact) mass is 351 g/mol. The molecule has 0 aliphatic rings. The van der Waals surface area contributed by atoms with Crippen molar-refractivity contribution >= 4 is 22.7 Å². The minimum atomic E-state index is -4.77. The van der Waals surface area contributed by atoms with Crippen LogP contribution in [0.3, 0.4) is 0 Å². The third kappa shape index (κ3) is 3.54. The van der Waals surface area contributed by atoms with Gasteiger partial charge < -0.3 is 14.3 Å². The van der Waals surface area contributed by atoms with Crippen molar-refractivity contribution in [1.82, 2.24) is 9.55 Å². The SMILES string of the molecule is Cc1nc2cc(NC(=O)Cn3cccc(C(F)(F)F)c3=O)ccc2o1. The van der Waals surface area contributed by atoms with Gasteiger partial charge in [-0.05, 0) is 30.3 Å². The van der Waals surface area contributed by atoms with Gasteiger partial charge in [0.1, 0.15) is 17.6 Å². The van der Waals surface area contributed by atoms with Crippen LogP contribution in [0.1, 0.15) is 11.5 Å². The molecule has 0 atom stereocenters. The van der Waals surface area contributed by atoms with Crippen LogP contribution in [0.25, 0.3) is 11.1 Å². The smallest absolute Gasteiger partial charge is 0.421 e. The predicted molar refractivity (Wildman–Crippen MR) is 83.1 cm³/mol. The van der Waals surface area contributed by atoms with E-state index in [1.165, 1.54) is 0 Å². The fourth-order valence-corrected chi connectivity index (χ4v) is 2.35. The Balaban J connectivity index is 1.79. The lowest BCUT2D eigenvalue weighted by molar-refractivity contribution is -0.139. The summed E-state index contributed by atoms with van der Waals surface area (Å²) in [6.45, 7) is 1.14. The molecule has 9 heteroatoms. The van der Waals surface area contributed by atoms with E-state index in [9.17, 15) is 22.8 Å². The molecular formula is C16H12F3N3O3. The second kappa shape index (κ2) is 6.08. The van der Waals surface area contributed by atoms with Crippen molar-refractivity contribution in [3.63, 3.8) is 0 Å². The average Bonchev–Trinajstić information content (AvgIpc) is 2.87. The zero-order valence-corrected chi connectivity index (χ0v) is 12.9. The summed E-state index contributed by atoms with van der Waals surface area (Å²) in [6.07, 6.45) is -3.65. The highest BCUT2D eigenvalue weighted by Gasteiger charge is 2.34. The number of halogens is 3. The summed E-state index contributed by atoms with van der Waals surface area (Å²) in [5, 5.41) is 2.52. The Kier molecular flexibility index (Phi) is 4.07. The second-order valence-electron chi connectivity index (χ2n) is 5.32. The van der Waals surface area contributed by atoms with Gasteiger partial charge in [-0.25, -0.2) is 4.98 Å². The molecule has 0 bridgehead atoms. The Morgan fingerprint density at radius 3 is 2.80 bits per heavy atom. The molecule has 0 aliphatic heterocycles. The molecule has 25 heavy (non-hydrogen) atoms. The third-order valence-corrected chi connectivity index (χ3v) is 3.42. The molecule has 0 saturated heterocycles. The van der Waals surface area contributed by atoms with Crippen LogP contribution in [0.4, 0.5) is 18.9 Å². The zero-order valence-electron chi connectivity index (χ0n) is 12.9. The van der Waals surface area contributed by atoms with Crippen molar-refractivity contribution in [2.75, 3.05) is 5.32 Å². The first-order chi connectivity index (χ1) is 11.7. The number of pyridine rings is 1. The Bertz CT molecular complexity index is 1010. The van der Waals surface area contributed by atoms with E-state index in [2.05, 4.69) is 10.3 Å². The van der Waals surface area contributed by atoms with Gasteiger partial charge in [0.15, 0.2) is 11.5 Å².